The molecule has 0 radical (unpaired) electrons. The zero-order valence-corrected chi connectivity index (χ0v) is 10.1. The monoisotopic (exact) mass is 234 g/mol. The topological polar surface area (TPSA) is 81.4 Å². The highest BCUT2D eigenvalue weighted by Gasteiger charge is 2.27. The van der Waals surface area contributed by atoms with Crippen LogP contribution in [0, 0.1) is 5.41 Å². The molecule has 0 saturated heterocycles. The third-order valence-corrected chi connectivity index (χ3v) is 3.10. The van der Waals surface area contributed by atoms with Gasteiger partial charge in [0.1, 0.15) is 0 Å². The number of amides is 1. The van der Waals surface area contributed by atoms with Gasteiger partial charge >= 0.3 is 5.97 Å². The van der Waals surface area contributed by atoms with Gasteiger partial charge in [0.15, 0.2) is 0 Å². The molecule has 1 amide bonds. The van der Waals surface area contributed by atoms with Gasteiger partial charge in [0, 0.05) is 5.75 Å². The normalized spacial score (nSPS) is 10.9. The molecule has 0 aromatic heterocycles. The second kappa shape index (κ2) is 6.68. The molecule has 0 unspecified atom stereocenters. The van der Waals surface area contributed by atoms with Gasteiger partial charge in [0.25, 0.3) is 0 Å². The average molecular weight is 234 g/mol. The van der Waals surface area contributed by atoms with Gasteiger partial charge in [-0.3, -0.25) is 15.0 Å². The summed E-state index contributed by atoms with van der Waals surface area (Å²) in [6.07, 6.45) is 0. The van der Waals surface area contributed by atoms with Gasteiger partial charge < -0.3 is 4.74 Å². The molecule has 0 heterocycles. The number of carbonyl (C=O) groups is 2. The summed E-state index contributed by atoms with van der Waals surface area (Å²) in [4.78, 5) is 22.3. The minimum absolute atomic E-state index is 0.237. The number of thioether (sulfide) groups is 1. The van der Waals surface area contributed by atoms with E-state index in [0.717, 1.165) is 0 Å². The van der Waals surface area contributed by atoms with Crippen molar-refractivity contribution in [3.63, 3.8) is 0 Å². The molecule has 0 aromatic carbocycles. The van der Waals surface area contributed by atoms with Crippen molar-refractivity contribution in [1.82, 2.24) is 5.43 Å². The van der Waals surface area contributed by atoms with E-state index in [-0.39, 0.29) is 17.6 Å². The van der Waals surface area contributed by atoms with Crippen molar-refractivity contribution in [1.29, 1.82) is 0 Å². The van der Waals surface area contributed by atoms with E-state index in [1.165, 1.54) is 11.8 Å². The molecule has 0 aliphatic heterocycles. The average Bonchev–Trinajstić information content (AvgIpc) is 2.16. The first-order chi connectivity index (χ1) is 6.94. The van der Waals surface area contributed by atoms with Crippen LogP contribution in [-0.2, 0) is 14.3 Å². The van der Waals surface area contributed by atoms with Crippen molar-refractivity contribution in [3.05, 3.63) is 0 Å². The van der Waals surface area contributed by atoms with Gasteiger partial charge in [0.05, 0.1) is 17.8 Å². The molecule has 15 heavy (non-hydrogen) atoms. The molecule has 6 heteroatoms. The summed E-state index contributed by atoms with van der Waals surface area (Å²) in [5.41, 5.74) is 1.52. The van der Waals surface area contributed by atoms with E-state index in [1.807, 2.05) is 0 Å². The molecule has 0 spiro atoms. The van der Waals surface area contributed by atoms with Crippen LogP contribution in [0.5, 0.6) is 0 Å². The molecule has 0 aliphatic carbocycles. The Kier molecular flexibility index (Phi) is 6.35. The lowest BCUT2D eigenvalue weighted by Crippen LogP contribution is -2.42. The highest BCUT2D eigenvalue weighted by molar-refractivity contribution is 7.99. The quantitative estimate of drug-likeness (QED) is 0.299. The molecule has 0 saturated carbocycles. The highest BCUT2D eigenvalue weighted by atomic mass is 32.2. The Morgan fingerprint density at radius 1 is 1.47 bits per heavy atom. The Labute approximate surface area is 94.1 Å². The van der Waals surface area contributed by atoms with Crippen molar-refractivity contribution in [2.24, 2.45) is 11.3 Å². The molecule has 0 aliphatic rings. The molecule has 0 bridgehead atoms. The third kappa shape index (κ3) is 5.64. The molecule has 0 rings (SSSR count). The number of hydrogen-bond donors (Lipinski definition) is 2. The lowest BCUT2D eigenvalue weighted by molar-refractivity contribution is -0.139. The highest BCUT2D eigenvalue weighted by Crippen LogP contribution is 2.21. The summed E-state index contributed by atoms with van der Waals surface area (Å²) in [7, 11) is 0. The van der Waals surface area contributed by atoms with Crippen LogP contribution in [0.1, 0.15) is 20.8 Å². The Balaban J connectivity index is 3.84. The molecule has 0 aromatic rings. The minimum Gasteiger partial charge on any atom is -0.465 e. The van der Waals surface area contributed by atoms with Gasteiger partial charge in [-0.05, 0) is 6.92 Å². The van der Waals surface area contributed by atoms with E-state index in [9.17, 15) is 9.59 Å². The number of nitrogens with one attached hydrogen (secondary N) is 1. The van der Waals surface area contributed by atoms with Crippen molar-refractivity contribution < 1.29 is 14.3 Å². The van der Waals surface area contributed by atoms with Crippen molar-refractivity contribution in [2.45, 2.75) is 20.8 Å². The largest absolute Gasteiger partial charge is 0.465 e. The molecular weight excluding hydrogens is 216 g/mol. The Bertz CT molecular complexity index is 231. The molecule has 88 valence electrons. The standard InChI is InChI=1S/C9H18N2O3S/c1-4-14-7(12)5-15-6-9(2,3)8(13)11-10/h4-6,10H2,1-3H3,(H,11,13). The van der Waals surface area contributed by atoms with E-state index in [2.05, 4.69) is 5.43 Å². The fourth-order valence-corrected chi connectivity index (χ4v) is 1.85. The van der Waals surface area contributed by atoms with Crippen molar-refractivity contribution >= 4 is 23.6 Å². The smallest absolute Gasteiger partial charge is 0.315 e. The molecule has 5 nitrogen and oxygen atoms in total. The first-order valence-corrected chi connectivity index (χ1v) is 5.84. The van der Waals surface area contributed by atoms with E-state index < -0.39 is 5.41 Å². The Morgan fingerprint density at radius 2 is 2.07 bits per heavy atom. The summed E-state index contributed by atoms with van der Waals surface area (Å²) in [6.45, 7) is 5.68. The van der Waals surface area contributed by atoms with Gasteiger partial charge in [-0.1, -0.05) is 13.8 Å². The first-order valence-electron chi connectivity index (χ1n) is 4.68. The number of hydrazine groups is 1. The van der Waals surface area contributed by atoms with Gasteiger partial charge in [0.2, 0.25) is 5.91 Å². The summed E-state index contributed by atoms with van der Waals surface area (Å²) < 4.78 is 4.76. The lowest BCUT2D eigenvalue weighted by Gasteiger charge is -2.21. The third-order valence-electron chi connectivity index (χ3n) is 1.73. The number of ether oxygens (including phenoxy) is 1. The molecular formula is C9H18N2O3S. The van der Waals surface area contributed by atoms with E-state index in [0.29, 0.717) is 12.4 Å². The van der Waals surface area contributed by atoms with Crippen LogP contribution in [0.4, 0.5) is 0 Å². The first kappa shape index (κ1) is 14.2. The SMILES string of the molecule is CCOC(=O)CSCC(C)(C)C(=O)NN. The summed E-state index contributed by atoms with van der Waals surface area (Å²) in [6, 6.07) is 0. The van der Waals surface area contributed by atoms with Crippen molar-refractivity contribution in [3.8, 4) is 0 Å². The second-order valence-corrected chi connectivity index (χ2v) is 4.64. The second-order valence-electron chi connectivity index (χ2n) is 3.66. The van der Waals surface area contributed by atoms with Crippen LogP contribution in [0.2, 0.25) is 0 Å². The van der Waals surface area contributed by atoms with E-state index >= 15 is 0 Å². The van der Waals surface area contributed by atoms with Gasteiger partial charge in [-0.2, -0.15) is 0 Å². The van der Waals surface area contributed by atoms with Crippen LogP contribution in [0.3, 0.4) is 0 Å². The number of nitrogens with two attached hydrogens (primary N) is 1. The van der Waals surface area contributed by atoms with E-state index in [4.69, 9.17) is 10.6 Å². The molecule has 0 fully saturated rings. The zero-order valence-electron chi connectivity index (χ0n) is 9.33. The predicted molar refractivity (Wildman–Crippen MR) is 60.1 cm³/mol. The lowest BCUT2D eigenvalue weighted by atomic mass is 9.96. The molecule has 3 N–H and O–H groups in total. The van der Waals surface area contributed by atoms with Crippen LogP contribution < -0.4 is 11.3 Å². The van der Waals surface area contributed by atoms with Crippen LogP contribution >= 0.6 is 11.8 Å². The predicted octanol–water partition coefficient (Wildman–Crippen LogP) is 0.299. The van der Waals surface area contributed by atoms with Crippen LogP contribution in [0.15, 0.2) is 0 Å². The van der Waals surface area contributed by atoms with E-state index in [1.54, 1.807) is 20.8 Å². The van der Waals surface area contributed by atoms with Gasteiger partial charge in [-0.15, -0.1) is 11.8 Å². The fraction of sp³-hybridized carbons (Fsp3) is 0.778. The van der Waals surface area contributed by atoms with Crippen LogP contribution in [0.25, 0.3) is 0 Å². The maximum absolute atomic E-state index is 11.3. The van der Waals surface area contributed by atoms with Gasteiger partial charge in [-0.25, -0.2) is 5.84 Å². The van der Waals surface area contributed by atoms with Crippen LogP contribution in [-0.4, -0.2) is 30.0 Å². The summed E-state index contributed by atoms with van der Waals surface area (Å²) in [5, 5.41) is 0. The minimum atomic E-state index is -0.577. The molecule has 0 atom stereocenters. The Hall–Kier alpha value is -0.750. The summed E-state index contributed by atoms with van der Waals surface area (Å²) in [5.74, 6) is 5.32. The fourth-order valence-electron chi connectivity index (χ4n) is 0.853. The number of hydrogen-bond acceptors (Lipinski definition) is 5. The van der Waals surface area contributed by atoms with Crippen molar-refractivity contribution in [2.75, 3.05) is 18.1 Å². The number of carbonyl (C=O) groups excluding carboxylic acids is 2. The zero-order chi connectivity index (χ0) is 11.9. The maximum atomic E-state index is 11.3. The summed E-state index contributed by atoms with van der Waals surface area (Å²) >= 11 is 1.36. The maximum Gasteiger partial charge on any atom is 0.315 e. The number of esters is 1. The number of rotatable bonds is 6. The Morgan fingerprint density at radius 3 is 2.53 bits per heavy atom.